The third kappa shape index (κ3) is 2.92. The van der Waals surface area contributed by atoms with Crippen molar-refractivity contribution in [3.05, 3.63) is 46.9 Å². The molecule has 7 heteroatoms. The number of rotatable bonds is 4. The maximum Gasteiger partial charge on any atom is 0.330 e. The fourth-order valence-electron chi connectivity index (χ4n) is 2.65. The summed E-state index contributed by atoms with van der Waals surface area (Å²) in [5.41, 5.74) is 2.41. The van der Waals surface area contributed by atoms with E-state index in [1.807, 2.05) is 36.9 Å². The van der Waals surface area contributed by atoms with Gasteiger partial charge in [-0.3, -0.25) is 9.25 Å². The summed E-state index contributed by atoms with van der Waals surface area (Å²) in [4.78, 5) is 16.0. The molecular formula is C17H17ClN4O2. The van der Waals surface area contributed by atoms with Crippen LogP contribution in [0.4, 0.5) is 0 Å². The highest BCUT2D eigenvalue weighted by Gasteiger charge is 2.16. The molecule has 0 amide bonds. The van der Waals surface area contributed by atoms with Gasteiger partial charge in [0.2, 0.25) is 0 Å². The number of hydrogen-bond donors (Lipinski definition) is 0. The lowest BCUT2D eigenvalue weighted by Gasteiger charge is -2.07. The Morgan fingerprint density at radius 1 is 1.46 bits per heavy atom. The molecule has 3 aromatic heterocycles. The van der Waals surface area contributed by atoms with Gasteiger partial charge >= 0.3 is 5.97 Å². The summed E-state index contributed by atoms with van der Waals surface area (Å²) in [6, 6.07) is 3.80. The minimum Gasteiger partial charge on any atom is -0.463 e. The van der Waals surface area contributed by atoms with Crippen LogP contribution in [0.15, 0.2) is 30.6 Å². The fourth-order valence-corrected chi connectivity index (χ4v) is 2.82. The number of hydrogen-bond acceptors (Lipinski definition) is 4. The van der Waals surface area contributed by atoms with Crippen LogP contribution in [0.5, 0.6) is 0 Å². The van der Waals surface area contributed by atoms with Crippen molar-refractivity contribution < 1.29 is 9.53 Å². The normalized spacial score (nSPS) is 11.5. The summed E-state index contributed by atoms with van der Waals surface area (Å²) in [5.74, 6) is 0.437. The van der Waals surface area contributed by atoms with Crippen molar-refractivity contribution in [3.8, 4) is 5.82 Å². The molecule has 6 nitrogen and oxygen atoms in total. The predicted molar refractivity (Wildman–Crippen MR) is 93.3 cm³/mol. The largest absolute Gasteiger partial charge is 0.463 e. The maximum absolute atomic E-state index is 11.6. The monoisotopic (exact) mass is 344 g/mol. The van der Waals surface area contributed by atoms with Crippen molar-refractivity contribution in [1.29, 1.82) is 0 Å². The van der Waals surface area contributed by atoms with Crippen LogP contribution < -0.4 is 0 Å². The second-order valence-electron chi connectivity index (χ2n) is 5.28. The van der Waals surface area contributed by atoms with Crippen LogP contribution in [0.2, 0.25) is 5.02 Å². The van der Waals surface area contributed by atoms with Crippen molar-refractivity contribution in [2.75, 3.05) is 6.61 Å². The van der Waals surface area contributed by atoms with Crippen molar-refractivity contribution in [2.24, 2.45) is 7.05 Å². The molecule has 3 aromatic rings. The molecule has 0 N–H and O–H groups in total. The van der Waals surface area contributed by atoms with Crippen LogP contribution >= 0.6 is 11.6 Å². The highest BCUT2D eigenvalue weighted by atomic mass is 35.5. The first kappa shape index (κ1) is 16.3. The van der Waals surface area contributed by atoms with E-state index in [1.165, 1.54) is 6.08 Å². The minimum atomic E-state index is -0.381. The van der Waals surface area contributed by atoms with Crippen molar-refractivity contribution >= 4 is 34.7 Å². The first-order valence-electron chi connectivity index (χ1n) is 7.52. The van der Waals surface area contributed by atoms with E-state index in [2.05, 4.69) is 10.1 Å². The number of aromatic nitrogens is 4. The van der Waals surface area contributed by atoms with Gasteiger partial charge in [0.15, 0.2) is 0 Å². The molecule has 0 spiro atoms. The summed E-state index contributed by atoms with van der Waals surface area (Å²) in [6.07, 6.45) is 6.65. The summed E-state index contributed by atoms with van der Waals surface area (Å²) in [5, 5.41) is 5.97. The molecule has 24 heavy (non-hydrogen) atoms. The van der Waals surface area contributed by atoms with Crippen LogP contribution in [0.1, 0.15) is 18.2 Å². The minimum absolute atomic E-state index is 0.342. The van der Waals surface area contributed by atoms with Gasteiger partial charge in [0, 0.05) is 36.5 Å². The Balaban J connectivity index is 2.12. The van der Waals surface area contributed by atoms with Gasteiger partial charge in [0.05, 0.1) is 17.3 Å². The number of aryl methyl sites for hydroxylation is 2. The van der Waals surface area contributed by atoms with Crippen LogP contribution in [-0.2, 0) is 16.6 Å². The number of esters is 1. The Morgan fingerprint density at radius 2 is 2.25 bits per heavy atom. The lowest BCUT2D eigenvalue weighted by atomic mass is 10.2. The standard InChI is InChI=1S/C17H17ClN4O2/c1-4-24-15(23)6-5-14-11(2)20-21(3)17(14)22-8-7-12-9-13(18)10-19-16(12)22/h5-10H,4H2,1-3H3. The first-order valence-corrected chi connectivity index (χ1v) is 7.90. The molecule has 0 fully saturated rings. The number of carbonyl (C=O) groups is 1. The SMILES string of the molecule is CCOC(=O)C=Cc1c(C)nn(C)c1-n1ccc2cc(Cl)cnc21. The van der Waals surface area contributed by atoms with E-state index in [-0.39, 0.29) is 5.97 Å². The molecule has 0 saturated heterocycles. The summed E-state index contributed by atoms with van der Waals surface area (Å²) in [6.45, 7) is 4.01. The quantitative estimate of drug-likeness (QED) is 0.538. The van der Waals surface area contributed by atoms with E-state index in [0.717, 1.165) is 28.1 Å². The van der Waals surface area contributed by atoms with Gasteiger partial charge in [-0.25, -0.2) is 9.78 Å². The van der Waals surface area contributed by atoms with Crippen molar-refractivity contribution in [3.63, 3.8) is 0 Å². The Hall–Kier alpha value is -2.60. The molecular weight excluding hydrogens is 328 g/mol. The van der Waals surface area contributed by atoms with Crippen molar-refractivity contribution in [2.45, 2.75) is 13.8 Å². The summed E-state index contributed by atoms with van der Waals surface area (Å²) >= 11 is 6.00. The van der Waals surface area contributed by atoms with E-state index in [1.54, 1.807) is 23.9 Å². The van der Waals surface area contributed by atoms with E-state index in [9.17, 15) is 4.79 Å². The van der Waals surface area contributed by atoms with E-state index in [0.29, 0.717) is 11.6 Å². The van der Waals surface area contributed by atoms with Gasteiger partial charge in [-0.2, -0.15) is 5.10 Å². The van der Waals surface area contributed by atoms with Crippen LogP contribution in [0.3, 0.4) is 0 Å². The topological polar surface area (TPSA) is 61.9 Å². The molecule has 3 heterocycles. The zero-order valence-electron chi connectivity index (χ0n) is 13.7. The Bertz CT molecular complexity index is 940. The number of pyridine rings is 1. The third-order valence-electron chi connectivity index (χ3n) is 3.63. The smallest absolute Gasteiger partial charge is 0.330 e. The zero-order chi connectivity index (χ0) is 17.3. The second kappa shape index (κ2) is 6.49. The number of halogens is 1. The van der Waals surface area contributed by atoms with Gasteiger partial charge in [-0.05, 0) is 32.1 Å². The Morgan fingerprint density at radius 3 is 3.00 bits per heavy atom. The van der Waals surface area contributed by atoms with Crippen LogP contribution in [0, 0.1) is 6.92 Å². The van der Waals surface area contributed by atoms with Gasteiger partial charge in [0.1, 0.15) is 11.5 Å². The lowest BCUT2D eigenvalue weighted by molar-refractivity contribution is -0.137. The summed E-state index contributed by atoms with van der Waals surface area (Å²) in [7, 11) is 1.85. The highest BCUT2D eigenvalue weighted by Crippen LogP contribution is 2.25. The third-order valence-corrected chi connectivity index (χ3v) is 3.84. The molecule has 0 aliphatic heterocycles. The molecule has 124 valence electrons. The van der Waals surface area contributed by atoms with E-state index < -0.39 is 0 Å². The highest BCUT2D eigenvalue weighted by molar-refractivity contribution is 6.31. The predicted octanol–water partition coefficient (Wildman–Crippen LogP) is 3.30. The van der Waals surface area contributed by atoms with Gasteiger partial charge in [-0.1, -0.05) is 11.6 Å². The molecule has 0 aromatic carbocycles. The lowest BCUT2D eigenvalue weighted by Crippen LogP contribution is -2.04. The summed E-state index contributed by atoms with van der Waals surface area (Å²) < 4.78 is 8.62. The zero-order valence-corrected chi connectivity index (χ0v) is 14.4. The molecule has 0 aliphatic carbocycles. The van der Waals surface area contributed by atoms with E-state index in [4.69, 9.17) is 16.3 Å². The molecule has 0 aliphatic rings. The Labute approximate surface area is 144 Å². The second-order valence-corrected chi connectivity index (χ2v) is 5.72. The van der Waals surface area contributed by atoms with Crippen LogP contribution in [-0.4, -0.2) is 31.9 Å². The van der Waals surface area contributed by atoms with Gasteiger partial charge in [-0.15, -0.1) is 0 Å². The number of nitrogens with zero attached hydrogens (tertiary/aromatic N) is 4. The average Bonchev–Trinajstić information content (AvgIpc) is 3.05. The fraction of sp³-hybridized carbons (Fsp3) is 0.235. The molecule has 3 rings (SSSR count). The number of ether oxygens (including phenoxy) is 1. The maximum atomic E-state index is 11.6. The van der Waals surface area contributed by atoms with Crippen molar-refractivity contribution in [1.82, 2.24) is 19.3 Å². The van der Waals surface area contributed by atoms with E-state index >= 15 is 0 Å². The number of fused-ring (bicyclic) bond motifs is 1. The van der Waals surface area contributed by atoms with Gasteiger partial charge in [0.25, 0.3) is 0 Å². The van der Waals surface area contributed by atoms with Crippen LogP contribution in [0.25, 0.3) is 22.9 Å². The Kier molecular flexibility index (Phi) is 4.40. The van der Waals surface area contributed by atoms with Gasteiger partial charge < -0.3 is 4.74 Å². The first-order chi connectivity index (χ1) is 11.5. The average molecular weight is 345 g/mol. The molecule has 0 radical (unpaired) electrons. The molecule has 0 saturated carbocycles. The number of carbonyl (C=O) groups excluding carboxylic acids is 1. The molecule has 0 atom stereocenters. The molecule has 0 bridgehead atoms. The molecule has 0 unspecified atom stereocenters.